The Morgan fingerprint density at radius 1 is 1.50 bits per heavy atom. The second-order valence-electron chi connectivity index (χ2n) is 3.02. The fourth-order valence-electron chi connectivity index (χ4n) is 1.25. The lowest BCUT2D eigenvalue weighted by Crippen LogP contribution is -2.01. The summed E-state index contributed by atoms with van der Waals surface area (Å²) in [6, 6.07) is 3.87. The van der Waals surface area contributed by atoms with Crippen LogP contribution in [0.4, 0.5) is 0 Å². The highest BCUT2D eigenvalue weighted by molar-refractivity contribution is 6.16. The van der Waals surface area contributed by atoms with E-state index in [0.29, 0.717) is 12.4 Å². The van der Waals surface area contributed by atoms with Gasteiger partial charge in [-0.2, -0.15) is 0 Å². The van der Waals surface area contributed by atoms with Crippen LogP contribution in [-0.2, 0) is 12.4 Å². The van der Waals surface area contributed by atoms with Crippen LogP contribution in [0.25, 0.3) is 0 Å². The van der Waals surface area contributed by atoms with Gasteiger partial charge in [0.15, 0.2) is 0 Å². The van der Waals surface area contributed by atoms with Crippen LogP contribution in [0.15, 0.2) is 22.9 Å². The van der Waals surface area contributed by atoms with E-state index in [9.17, 15) is 0 Å². The second kappa shape index (κ2) is 3.84. The van der Waals surface area contributed by atoms with Gasteiger partial charge in [0.25, 0.3) is 0 Å². The van der Waals surface area contributed by atoms with Crippen molar-refractivity contribution in [1.29, 1.82) is 0 Å². The first-order chi connectivity index (χ1) is 6.79. The molecule has 0 fully saturated rings. The standard InChI is InChI=1S/C9H10ClN3O/c1-7-2-3-8(14-7)5-13-6-11-12-9(13)4-10/h2-3,6H,4-5H2,1H3. The minimum atomic E-state index is 0.361. The minimum absolute atomic E-state index is 0.361. The average Bonchev–Trinajstić information content (AvgIpc) is 2.76. The van der Waals surface area contributed by atoms with E-state index in [1.165, 1.54) is 0 Å². The number of aryl methyl sites for hydroxylation is 1. The van der Waals surface area contributed by atoms with E-state index in [1.807, 2.05) is 23.6 Å². The Labute approximate surface area is 86.5 Å². The first-order valence-corrected chi connectivity index (χ1v) is 4.81. The highest BCUT2D eigenvalue weighted by Gasteiger charge is 2.05. The van der Waals surface area contributed by atoms with Gasteiger partial charge in [-0.15, -0.1) is 21.8 Å². The quantitative estimate of drug-likeness (QED) is 0.729. The predicted molar refractivity (Wildman–Crippen MR) is 52.1 cm³/mol. The summed E-state index contributed by atoms with van der Waals surface area (Å²) < 4.78 is 7.30. The summed E-state index contributed by atoms with van der Waals surface area (Å²) in [5.74, 6) is 2.90. The molecule has 0 bridgehead atoms. The van der Waals surface area contributed by atoms with Crippen LogP contribution in [0.2, 0.25) is 0 Å². The van der Waals surface area contributed by atoms with E-state index in [4.69, 9.17) is 16.0 Å². The van der Waals surface area contributed by atoms with E-state index in [2.05, 4.69) is 10.2 Å². The van der Waals surface area contributed by atoms with Gasteiger partial charge in [0.1, 0.15) is 23.7 Å². The molecule has 5 heteroatoms. The van der Waals surface area contributed by atoms with E-state index in [1.54, 1.807) is 6.33 Å². The van der Waals surface area contributed by atoms with Gasteiger partial charge in [0.05, 0.1) is 12.4 Å². The van der Waals surface area contributed by atoms with Crippen molar-refractivity contribution in [2.75, 3.05) is 0 Å². The zero-order valence-corrected chi connectivity index (χ0v) is 8.53. The molecule has 0 amide bonds. The lowest BCUT2D eigenvalue weighted by Gasteiger charge is -2.00. The molecule has 2 rings (SSSR count). The van der Waals surface area contributed by atoms with Gasteiger partial charge in [-0.25, -0.2) is 0 Å². The molecule has 14 heavy (non-hydrogen) atoms. The zero-order chi connectivity index (χ0) is 9.97. The fourth-order valence-corrected chi connectivity index (χ4v) is 1.46. The predicted octanol–water partition coefficient (Wildman–Crippen LogP) is 1.97. The monoisotopic (exact) mass is 211 g/mol. The van der Waals surface area contributed by atoms with Crippen LogP contribution < -0.4 is 0 Å². The number of hydrogen-bond donors (Lipinski definition) is 0. The molecule has 0 aliphatic heterocycles. The van der Waals surface area contributed by atoms with Crippen LogP contribution in [0.1, 0.15) is 17.3 Å². The Morgan fingerprint density at radius 3 is 3.00 bits per heavy atom. The van der Waals surface area contributed by atoms with Gasteiger partial charge in [0, 0.05) is 0 Å². The molecule has 0 aliphatic carbocycles. The molecule has 0 aliphatic rings. The highest BCUT2D eigenvalue weighted by atomic mass is 35.5. The van der Waals surface area contributed by atoms with Crippen molar-refractivity contribution in [3.8, 4) is 0 Å². The molecule has 0 N–H and O–H groups in total. The molecular weight excluding hydrogens is 202 g/mol. The Morgan fingerprint density at radius 2 is 2.36 bits per heavy atom. The molecule has 0 radical (unpaired) electrons. The lowest BCUT2D eigenvalue weighted by atomic mass is 10.4. The van der Waals surface area contributed by atoms with Crippen LogP contribution >= 0.6 is 11.6 Å². The van der Waals surface area contributed by atoms with Crippen molar-refractivity contribution >= 4 is 11.6 Å². The third kappa shape index (κ3) is 1.80. The van der Waals surface area contributed by atoms with E-state index in [0.717, 1.165) is 17.3 Å². The maximum absolute atomic E-state index is 5.69. The molecule has 0 unspecified atom stereocenters. The fraction of sp³-hybridized carbons (Fsp3) is 0.333. The smallest absolute Gasteiger partial charge is 0.148 e. The van der Waals surface area contributed by atoms with Crippen LogP contribution in [0.3, 0.4) is 0 Å². The van der Waals surface area contributed by atoms with Crippen LogP contribution in [-0.4, -0.2) is 14.8 Å². The van der Waals surface area contributed by atoms with Gasteiger partial charge in [-0.3, -0.25) is 0 Å². The van der Waals surface area contributed by atoms with Crippen molar-refractivity contribution in [2.24, 2.45) is 0 Å². The summed E-state index contributed by atoms with van der Waals surface area (Å²) in [6.07, 6.45) is 1.65. The molecular formula is C9H10ClN3O. The molecule has 2 aromatic rings. The normalized spacial score (nSPS) is 10.7. The molecule has 0 atom stereocenters. The average molecular weight is 212 g/mol. The second-order valence-corrected chi connectivity index (χ2v) is 3.29. The van der Waals surface area contributed by atoms with Gasteiger partial charge in [-0.05, 0) is 19.1 Å². The first-order valence-electron chi connectivity index (χ1n) is 4.27. The molecule has 2 heterocycles. The Kier molecular flexibility index (Phi) is 2.54. The highest BCUT2D eigenvalue weighted by Crippen LogP contribution is 2.09. The number of hydrogen-bond acceptors (Lipinski definition) is 3. The zero-order valence-electron chi connectivity index (χ0n) is 7.77. The third-order valence-electron chi connectivity index (χ3n) is 1.94. The van der Waals surface area contributed by atoms with Crippen molar-refractivity contribution in [3.05, 3.63) is 35.8 Å². The molecule has 0 saturated carbocycles. The van der Waals surface area contributed by atoms with Crippen LogP contribution in [0.5, 0.6) is 0 Å². The van der Waals surface area contributed by atoms with Gasteiger partial charge in [-0.1, -0.05) is 0 Å². The summed E-state index contributed by atoms with van der Waals surface area (Å²) in [5, 5.41) is 7.66. The van der Waals surface area contributed by atoms with Gasteiger partial charge in [0.2, 0.25) is 0 Å². The van der Waals surface area contributed by atoms with Gasteiger partial charge < -0.3 is 8.98 Å². The molecule has 0 aromatic carbocycles. The molecule has 74 valence electrons. The first kappa shape index (κ1) is 9.27. The van der Waals surface area contributed by atoms with Crippen molar-refractivity contribution in [3.63, 3.8) is 0 Å². The Balaban J connectivity index is 2.18. The molecule has 0 spiro atoms. The van der Waals surface area contributed by atoms with Gasteiger partial charge >= 0.3 is 0 Å². The van der Waals surface area contributed by atoms with E-state index < -0.39 is 0 Å². The SMILES string of the molecule is Cc1ccc(Cn2cnnc2CCl)o1. The Bertz CT molecular complexity index is 421. The van der Waals surface area contributed by atoms with Crippen molar-refractivity contribution in [2.45, 2.75) is 19.3 Å². The number of nitrogens with zero attached hydrogens (tertiary/aromatic N) is 3. The number of halogens is 1. The largest absolute Gasteiger partial charge is 0.464 e. The van der Waals surface area contributed by atoms with Crippen molar-refractivity contribution in [1.82, 2.24) is 14.8 Å². The van der Waals surface area contributed by atoms with Crippen LogP contribution in [0, 0.1) is 6.92 Å². The summed E-state index contributed by atoms with van der Waals surface area (Å²) >= 11 is 5.69. The molecule has 0 saturated heterocycles. The number of alkyl halides is 1. The molecule has 2 aromatic heterocycles. The maximum atomic E-state index is 5.69. The summed E-state index contributed by atoms with van der Waals surface area (Å²) in [4.78, 5) is 0. The Hall–Kier alpha value is -1.29. The number of rotatable bonds is 3. The van der Waals surface area contributed by atoms with Crippen molar-refractivity contribution < 1.29 is 4.42 Å². The molecule has 4 nitrogen and oxygen atoms in total. The van der Waals surface area contributed by atoms with E-state index >= 15 is 0 Å². The number of aromatic nitrogens is 3. The summed E-state index contributed by atoms with van der Waals surface area (Å²) in [6.45, 7) is 2.54. The lowest BCUT2D eigenvalue weighted by molar-refractivity contribution is 0.467. The third-order valence-corrected chi connectivity index (χ3v) is 2.18. The maximum Gasteiger partial charge on any atom is 0.148 e. The summed E-state index contributed by atoms with van der Waals surface area (Å²) in [5.41, 5.74) is 0. The number of furan rings is 1. The van der Waals surface area contributed by atoms with E-state index in [-0.39, 0.29) is 0 Å². The minimum Gasteiger partial charge on any atom is -0.464 e. The summed E-state index contributed by atoms with van der Waals surface area (Å²) in [7, 11) is 0. The topological polar surface area (TPSA) is 43.9 Å².